The molecule has 1 amide bonds. The van der Waals surface area contributed by atoms with Crippen molar-refractivity contribution in [3.05, 3.63) is 17.5 Å². The summed E-state index contributed by atoms with van der Waals surface area (Å²) in [7, 11) is -3.64. The first kappa shape index (κ1) is 17.8. The number of hydrogen-bond acceptors (Lipinski definition) is 5. The number of amides is 1. The van der Waals surface area contributed by atoms with Crippen LogP contribution >= 0.6 is 11.3 Å². The Bertz CT molecular complexity index is 661. The molecule has 2 aliphatic carbocycles. The molecular weight excluding hydrogens is 346 g/mol. The van der Waals surface area contributed by atoms with Crippen LogP contribution in [0.4, 0.5) is 0 Å². The zero-order valence-electron chi connectivity index (χ0n) is 13.8. The summed E-state index contributed by atoms with van der Waals surface area (Å²) in [5.41, 5.74) is 6.11. The molecule has 0 saturated heterocycles. The number of nitrogens with two attached hydrogens (primary N) is 1. The van der Waals surface area contributed by atoms with Gasteiger partial charge in [-0.15, -0.1) is 11.3 Å². The predicted molar refractivity (Wildman–Crippen MR) is 94.1 cm³/mol. The first-order chi connectivity index (χ1) is 11.4. The Kier molecular flexibility index (Phi) is 5.29. The standard InChI is InChI=1S/C16H25N3O3S2/c1-10(19-24(21,22)14-6-3-7-23-14)16(20)18-15-11-4-2-5-12(15)9-13(17)8-11/h3,6-7,10-13,15,19H,2,4-5,8-9,17H2,1H3,(H,18,20). The van der Waals surface area contributed by atoms with Gasteiger partial charge in [0.2, 0.25) is 5.91 Å². The Morgan fingerprint density at radius 3 is 2.58 bits per heavy atom. The molecule has 0 radical (unpaired) electrons. The maximum atomic E-state index is 12.5. The normalized spacial score (nSPS) is 31.4. The third kappa shape index (κ3) is 3.82. The minimum atomic E-state index is -3.64. The maximum absolute atomic E-state index is 12.5. The van der Waals surface area contributed by atoms with Crippen LogP contribution in [0.2, 0.25) is 0 Å². The number of nitrogens with one attached hydrogen (secondary N) is 2. The zero-order valence-corrected chi connectivity index (χ0v) is 15.4. The third-order valence-corrected chi connectivity index (χ3v) is 8.11. The molecule has 4 N–H and O–H groups in total. The second-order valence-corrected chi connectivity index (χ2v) is 9.88. The quantitative estimate of drug-likeness (QED) is 0.729. The fraction of sp³-hybridized carbons (Fsp3) is 0.688. The molecular formula is C16H25N3O3S2. The summed E-state index contributed by atoms with van der Waals surface area (Å²) in [5.74, 6) is 0.572. The van der Waals surface area contributed by atoms with Crippen molar-refractivity contribution in [2.45, 2.75) is 61.4 Å². The minimum Gasteiger partial charge on any atom is -0.351 e. The number of fused-ring (bicyclic) bond motifs is 2. The van der Waals surface area contributed by atoms with Gasteiger partial charge in [0.05, 0.1) is 6.04 Å². The lowest BCUT2D eigenvalue weighted by Crippen LogP contribution is -2.57. The van der Waals surface area contributed by atoms with Gasteiger partial charge in [-0.1, -0.05) is 12.5 Å². The van der Waals surface area contributed by atoms with Gasteiger partial charge >= 0.3 is 0 Å². The molecule has 1 heterocycles. The molecule has 8 heteroatoms. The SMILES string of the molecule is CC(NS(=O)(=O)c1cccs1)C(=O)NC1C2CCCC1CC(N)C2. The number of sulfonamides is 1. The monoisotopic (exact) mass is 371 g/mol. The molecule has 0 spiro atoms. The van der Waals surface area contributed by atoms with E-state index >= 15 is 0 Å². The Hall–Kier alpha value is -0.960. The highest BCUT2D eigenvalue weighted by molar-refractivity contribution is 7.91. The minimum absolute atomic E-state index is 0.125. The van der Waals surface area contributed by atoms with E-state index in [1.54, 1.807) is 18.4 Å². The van der Waals surface area contributed by atoms with E-state index < -0.39 is 16.1 Å². The molecule has 2 saturated carbocycles. The van der Waals surface area contributed by atoms with Crippen LogP contribution in [0.1, 0.15) is 39.0 Å². The van der Waals surface area contributed by atoms with Gasteiger partial charge in [0.15, 0.2) is 0 Å². The topological polar surface area (TPSA) is 101 Å². The van der Waals surface area contributed by atoms with Crippen molar-refractivity contribution in [1.29, 1.82) is 0 Å². The predicted octanol–water partition coefficient (Wildman–Crippen LogP) is 1.44. The molecule has 6 nitrogen and oxygen atoms in total. The third-order valence-electron chi connectivity index (χ3n) is 5.17. The second-order valence-electron chi connectivity index (χ2n) is 6.99. The maximum Gasteiger partial charge on any atom is 0.250 e. The van der Waals surface area contributed by atoms with Gasteiger partial charge in [-0.2, -0.15) is 4.72 Å². The van der Waals surface area contributed by atoms with Gasteiger partial charge < -0.3 is 11.1 Å². The largest absolute Gasteiger partial charge is 0.351 e. The number of rotatable bonds is 5. The Morgan fingerprint density at radius 1 is 1.33 bits per heavy atom. The molecule has 0 aliphatic heterocycles. The summed E-state index contributed by atoms with van der Waals surface area (Å²) in [6.07, 6.45) is 5.25. The van der Waals surface area contributed by atoms with Gasteiger partial charge in [0, 0.05) is 12.1 Å². The van der Waals surface area contributed by atoms with E-state index in [-0.39, 0.29) is 22.2 Å². The molecule has 3 atom stereocenters. The van der Waals surface area contributed by atoms with Crippen LogP contribution in [0.15, 0.2) is 21.7 Å². The van der Waals surface area contributed by atoms with Crippen molar-refractivity contribution in [3.8, 4) is 0 Å². The van der Waals surface area contributed by atoms with Crippen molar-refractivity contribution >= 4 is 27.3 Å². The summed E-state index contributed by atoms with van der Waals surface area (Å²) in [6, 6.07) is 2.76. The van der Waals surface area contributed by atoms with Crippen LogP contribution in [-0.4, -0.2) is 32.5 Å². The number of carbonyl (C=O) groups is 1. The average Bonchev–Trinajstić information content (AvgIpc) is 3.02. The van der Waals surface area contributed by atoms with E-state index in [0.717, 1.165) is 37.0 Å². The second kappa shape index (κ2) is 7.11. The lowest BCUT2D eigenvalue weighted by molar-refractivity contribution is -0.124. The van der Waals surface area contributed by atoms with Gasteiger partial charge in [-0.05, 0) is 55.9 Å². The fourth-order valence-electron chi connectivity index (χ4n) is 4.07. The van der Waals surface area contributed by atoms with Crippen molar-refractivity contribution in [1.82, 2.24) is 10.0 Å². The highest BCUT2D eigenvalue weighted by Gasteiger charge is 2.40. The smallest absolute Gasteiger partial charge is 0.250 e. The van der Waals surface area contributed by atoms with E-state index in [4.69, 9.17) is 5.73 Å². The molecule has 24 heavy (non-hydrogen) atoms. The summed E-state index contributed by atoms with van der Waals surface area (Å²) in [6.45, 7) is 1.59. The van der Waals surface area contributed by atoms with Crippen LogP contribution in [0.25, 0.3) is 0 Å². The van der Waals surface area contributed by atoms with Crippen molar-refractivity contribution in [3.63, 3.8) is 0 Å². The lowest BCUT2D eigenvalue weighted by atomic mass is 9.67. The molecule has 3 unspecified atom stereocenters. The molecule has 3 rings (SSSR count). The van der Waals surface area contributed by atoms with Crippen LogP contribution in [0.3, 0.4) is 0 Å². The van der Waals surface area contributed by atoms with E-state index in [1.807, 2.05) is 0 Å². The highest BCUT2D eigenvalue weighted by atomic mass is 32.2. The fourth-order valence-corrected chi connectivity index (χ4v) is 6.29. The Balaban J connectivity index is 1.62. The summed E-state index contributed by atoms with van der Waals surface area (Å²) in [5, 5.41) is 4.79. The first-order valence-corrected chi connectivity index (χ1v) is 10.8. The zero-order chi connectivity index (χ0) is 17.3. The number of thiophene rings is 1. The van der Waals surface area contributed by atoms with Crippen LogP contribution < -0.4 is 15.8 Å². The molecule has 0 aromatic carbocycles. The highest BCUT2D eigenvalue weighted by Crippen LogP contribution is 2.39. The molecule has 2 fully saturated rings. The number of hydrogen-bond donors (Lipinski definition) is 3. The van der Waals surface area contributed by atoms with Crippen LogP contribution in [0, 0.1) is 11.8 Å². The molecule has 2 aliphatic rings. The molecule has 134 valence electrons. The summed E-state index contributed by atoms with van der Waals surface area (Å²) < 4.78 is 27.2. The van der Waals surface area contributed by atoms with Gasteiger partial charge in [0.1, 0.15) is 4.21 Å². The van der Waals surface area contributed by atoms with E-state index in [0.29, 0.717) is 11.8 Å². The van der Waals surface area contributed by atoms with Crippen molar-refractivity contribution < 1.29 is 13.2 Å². The Morgan fingerprint density at radius 2 is 2.00 bits per heavy atom. The van der Waals surface area contributed by atoms with Crippen molar-refractivity contribution in [2.24, 2.45) is 17.6 Å². The summed E-state index contributed by atoms with van der Waals surface area (Å²) in [4.78, 5) is 12.5. The van der Waals surface area contributed by atoms with E-state index in [9.17, 15) is 13.2 Å². The first-order valence-electron chi connectivity index (χ1n) is 8.48. The van der Waals surface area contributed by atoms with Gasteiger partial charge in [-0.25, -0.2) is 8.42 Å². The molecule has 1 aromatic heterocycles. The molecule has 2 bridgehead atoms. The van der Waals surface area contributed by atoms with Crippen LogP contribution in [0.5, 0.6) is 0 Å². The van der Waals surface area contributed by atoms with Gasteiger partial charge in [-0.3, -0.25) is 4.79 Å². The van der Waals surface area contributed by atoms with Gasteiger partial charge in [0.25, 0.3) is 10.0 Å². The van der Waals surface area contributed by atoms with Crippen LogP contribution in [-0.2, 0) is 14.8 Å². The van der Waals surface area contributed by atoms with E-state index in [2.05, 4.69) is 10.0 Å². The summed E-state index contributed by atoms with van der Waals surface area (Å²) >= 11 is 1.14. The van der Waals surface area contributed by atoms with E-state index in [1.165, 1.54) is 12.5 Å². The molecule has 1 aromatic rings. The lowest BCUT2D eigenvalue weighted by Gasteiger charge is -2.45. The number of carbonyl (C=O) groups excluding carboxylic acids is 1. The average molecular weight is 372 g/mol. The Labute approximate surface area is 147 Å². The van der Waals surface area contributed by atoms with Crippen molar-refractivity contribution in [2.75, 3.05) is 0 Å².